The lowest BCUT2D eigenvalue weighted by atomic mass is 10.1. The molecule has 1 unspecified atom stereocenters. The molecule has 0 radical (unpaired) electrons. The normalized spacial score (nSPS) is 20.3. The quantitative estimate of drug-likeness (QED) is 0.806. The molecule has 2 aromatic heterocycles. The predicted octanol–water partition coefficient (Wildman–Crippen LogP) is 0.768. The monoisotopic (exact) mass is 244 g/mol. The highest BCUT2D eigenvalue weighted by Gasteiger charge is 2.25. The van der Waals surface area contributed by atoms with Gasteiger partial charge < -0.3 is 10.2 Å². The summed E-state index contributed by atoms with van der Waals surface area (Å²) in [5.41, 5.74) is 1.55. The van der Waals surface area contributed by atoms with Gasteiger partial charge in [-0.2, -0.15) is 5.10 Å². The van der Waals surface area contributed by atoms with E-state index < -0.39 is 0 Å². The average molecular weight is 244 g/mol. The van der Waals surface area contributed by atoms with Gasteiger partial charge in [-0.25, -0.2) is 4.52 Å². The number of hydrogen-bond acceptors (Lipinski definition) is 3. The highest BCUT2D eigenvalue weighted by Crippen LogP contribution is 2.15. The Bertz CT molecular complexity index is 577. The topological polar surface area (TPSA) is 49.6 Å². The Labute approximate surface area is 105 Å². The minimum atomic E-state index is 0.0743. The summed E-state index contributed by atoms with van der Waals surface area (Å²) >= 11 is 0. The zero-order valence-electron chi connectivity index (χ0n) is 10.3. The third kappa shape index (κ3) is 1.76. The second-order valence-electron chi connectivity index (χ2n) is 4.64. The van der Waals surface area contributed by atoms with Gasteiger partial charge in [-0.1, -0.05) is 6.07 Å². The number of nitrogens with one attached hydrogen (secondary N) is 1. The van der Waals surface area contributed by atoms with Crippen LogP contribution in [0.25, 0.3) is 5.52 Å². The molecule has 1 atom stereocenters. The molecule has 1 N–H and O–H groups in total. The number of rotatable bonds is 1. The van der Waals surface area contributed by atoms with Crippen molar-refractivity contribution in [3.63, 3.8) is 0 Å². The molecule has 5 nitrogen and oxygen atoms in total. The van der Waals surface area contributed by atoms with Crippen molar-refractivity contribution >= 4 is 11.4 Å². The van der Waals surface area contributed by atoms with Crippen LogP contribution < -0.4 is 5.32 Å². The fraction of sp³-hybridized carbons (Fsp3) is 0.385. The highest BCUT2D eigenvalue weighted by molar-refractivity contribution is 6.00. The van der Waals surface area contributed by atoms with Crippen LogP contribution in [0.4, 0.5) is 0 Å². The number of hydrogen-bond donors (Lipinski definition) is 1. The third-order valence-corrected chi connectivity index (χ3v) is 3.42. The van der Waals surface area contributed by atoms with Gasteiger partial charge in [0.2, 0.25) is 0 Å². The largest absolute Gasteiger partial charge is 0.333 e. The van der Waals surface area contributed by atoms with Gasteiger partial charge in [-0.3, -0.25) is 4.79 Å². The van der Waals surface area contributed by atoms with Crippen molar-refractivity contribution in [3.05, 3.63) is 36.2 Å². The van der Waals surface area contributed by atoms with E-state index in [1.807, 2.05) is 29.3 Å². The van der Waals surface area contributed by atoms with E-state index in [-0.39, 0.29) is 11.9 Å². The fourth-order valence-corrected chi connectivity index (χ4v) is 2.40. The number of pyridine rings is 1. The maximum absolute atomic E-state index is 12.5. The molecular weight excluding hydrogens is 228 g/mol. The molecule has 1 saturated heterocycles. The van der Waals surface area contributed by atoms with E-state index >= 15 is 0 Å². The number of nitrogens with zero attached hydrogens (tertiary/aromatic N) is 3. The summed E-state index contributed by atoms with van der Waals surface area (Å²) in [5.74, 6) is 0.0743. The van der Waals surface area contributed by atoms with Gasteiger partial charge in [0.25, 0.3) is 5.91 Å². The lowest BCUT2D eigenvalue weighted by Gasteiger charge is -2.33. The van der Waals surface area contributed by atoms with Gasteiger partial charge in [0, 0.05) is 31.9 Å². The van der Waals surface area contributed by atoms with E-state index in [2.05, 4.69) is 17.3 Å². The third-order valence-electron chi connectivity index (χ3n) is 3.42. The molecule has 2 aromatic rings. The number of amides is 1. The van der Waals surface area contributed by atoms with Gasteiger partial charge in [-0.05, 0) is 19.1 Å². The van der Waals surface area contributed by atoms with Crippen LogP contribution in [0, 0.1) is 0 Å². The van der Waals surface area contributed by atoms with Crippen molar-refractivity contribution in [1.29, 1.82) is 0 Å². The molecule has 0 aliphatic carbocycles. The van der Waals surface area contributed by atoms with Gasteiger partial charge in [0.15, 0.2) is 0 Å². The minimum absolute atomic E-state index is 0.0743. The molecule has 94 valence electrons. The average Bonchev–Trinajstić information content (AvgIpc) is 2.82. The standard InChI is InChI=1S/C13H16N4O/c1-10-8-14-5-7-16(10)13(18)11-9-15-17-6-3-2-4-12(11)17/h2-4,6,9-10,14H,5,7-8H2,1H3. The Morgan fingerprint density at radius 1 is 1.50 bits per heavy atom. The summed E-state index contributed by atoms with van der Waals surface area (Å²) in [4.78, 5) is 14.4. The second-order valence-corrected chi connectivity index (χ2v) is 4.64. The molecule has 0 bridgehead atoms. The minimum Gasteiger partial charge on any atom is -0.333 e. The summed E-state index contributed by atoms with van der Waals surface area (Å²) < 4.78 is 1.74. The van der Waals surface area contributed by atoms with Crippen LogP contribution in [0.5, 0.6) is 0 Å². The SMILES string of the molecule is CC1CNCCN1C(=O)c1cnn2ccccc12. The maximum atomic E-state index is 12.5. The van der Waals surface area contributed by atoms with Crippen LogP contribution in [0.3, 0.4) is 0 Å². The van der Waals surface area contributed by atoms with Crippen LogP contribution in [0.2, 0.25) is 0 Å². The van der Waals surface area contributed by atoms with Crippen LogP contribution in [-0.4, -0.2) is 46.1 Å². The smallest absolute Gasteiger partial charge is 0.258 e. The zero-order valence-corrected chi connectivity index (χ0v) is 10.3. The molecule has 1 amide bonds. The van der Waals surface area contributed by atoms with Crippen LogP contribution >= 0.6 is 0 Å². The zero-order chi connectivity index (χ0) is 12.5. The molecule has 3 heterocycles. The van der Waals surface area contributed by atoms with Crippen molar-refractivity contribution in [2.24, 2.45) is 0 Å². The first kappa shape index (κ1) is 11.2. The van der Waals surface area contributed by atoms with E-state index in [1.165, 1.54) is 0 Å². The lowest BCUT2D eigenvalue weighted by Crippen LogP contribution is -2.52. The van der Waals surface area contributed by atoms with Gasteiger partial charge in [-0.15, -0.1) is 0 Å². The van der Waals surface area contributed by atoms with E-state index in [9.17, 15) is 4.79 Å². The molecule has 1 fully saturated rings. The molecule has 3 rings (SSSR count). The Balaban J connectivity index is 1.96. The Kier molecular flexibility index (Phi) is 2.76. The number of piperazine rings is 1. The Morgan fingerprint density at radius 2 is 2.39 bits per heavy atom. The highest BCUT2D eigenvalue weighted by atomic mass is 16.2. The molecule has 5 heteroatoms. The van der Waals surface area contributed by atoms with Crippen molar-refractivity contribution in [2.75, 3.05) is 19.6 Å². The summed E-state index contributed by atoms with van der Waals surface area (Å²) in [5, 5.41) is 7.50. The molecule has 0 saturated carbocycles. The molecule has 1 aliphatic heterocycles. The van der Waals surface area contributed by atoms with Gasteiger partial charge in [0.1, 0.15) is 0 Å². The van der Waals surface area contributed by atoms with Crippen LogP contribution in [-0.2, 0) is 0 Å². The first-order valence-electron chi connectivity index (χ1n) is 6.21. The molecular formula is C13H16N4O. The molecule has 1 aliphatic rings. The first-order chi connectivity index (χ1) is 8.77. The lowest BCUT2D eigenvalue weighted by molar-refractivity contribution is 0.0658. The summed E-state index contributed by atoms with van der Waals surface area (Å²) in [6.07, 6.45) is 3.51. The molecule has 18 heavy (non-hydrogen) atoms. The van der Waals surface area contributed by atoms with Crippen LogP contribution in [0.15, 0.2) is 30.6 Å². The predicted molar refractivity (Wildman–Crippen MR) is 68.6 cm³/mol. The number of carbonyl (C=O) groups excluding carboxylic acids is 1. The van der Waals surface area contributed by atoms with Crippen LogP contribution in [0.1, 0.15) is 17.3 Å². The van der Waals surface area contributed by atoms with Crippen molar-refractivity contribution in [2.45, 2.75) is 13.0 Å². The first-order valence-corrected chi connectivity index (χ1v) is 6.21. The van der Waals surface area contributed by atoms with E-state index in [0.29, 0.717) is 5.56 Å². The van der Waals surface area contributed by atoms with Crippen molar-refractivity contribution < 1.29 is 4.79 Å². The van der Waals surface area contributed by atoms with Gasteiger partial charge >= 0.3 is 0 Å². The Hall–Kier alpha value is -1.88. The summed E-state index contributed by atoms with van der Waals surface area (Å²) in [6, 6.07) is 5.98. The van der Waals surface area contributed by atoms with E-state index in [4.69, 9.17) is 0 Å². The number of fused-ring (bicyclic) bond motifs is 1. The van der Waals surface area contributed by atoms with Crippen molar-refractivity contribution in [1.82, 2.24) is 19.8 Å². The molecule has 0 spiro atoms. The van der Waals surface area contributed by atoms with Crippen molar-refractivity contribution in [3.8, 4) is 0 Å². The fourth-order valence-electron chi connectivity index (χ4n) is 2.40. The van der Waals surface area contributed by atoms with E-state index in [0.717, 1.165) is 25.2 Å². The summed E-state index contributed by atoms with van der Waals surface area (Å²) in [6.45, 7) is 4.53. The second kappa shape index (κ2) is 4.42. The number of carbonyl (C=O) groups is 1. The Morgan fingerprint density at radius 3 is 3.22 bits per heavy atom. The number of aromatic nitrogens is 2. The van der Waals surface area contributed by atoms with E-state index in [1.54, 1.807) is 10.7 Å². The maximum Gasteiger partial charge on any atom is 0.258 e. The van der Waals surface area contributed by atoms with Gasteiger partial charge in [0.05, 0.1) is 17.3 Å². The summed E-state index contributed by atoms with van der Waals surface area (Å²) in [7, 11) is 0. The molecule has 0 aromatic carbocycles.